The molecule has 0 saturated carbocycles. The summed E-state index contributed by atoms with van der Waals surface area (Å²) >= 11 is 0. The number of rotatable bonds is 6. The number of hydrogen-bond acceptors (Lipinski definition) is 4. The van der Waals surface area contributed by atoms with E-state index >= 15 is 0 Å². The van der Waals surface area contributed by atoms with Gasteiger partial charge in [-0.1, -0.05) is 19.4 Å². The summed E-state index contributed by atoms with van der Waals surface area (Å²) in [5, 5.41) is 14.0. The molecule has 21 heavy (non-hydrogen) atoms. The molecule has 1 fully saturated rings. The Kier molecular flexibility index (Phi) is 5.64. The lowest BCUT2D eigenvalue weighted by Crippen LogP contribution is -2.44. The summed E-state index contributed by atoms with van der Waals surface area (Å²) in [6, 6.07) is 4.66. The number of piperidine rings is 1. The first-order valence-electron chi connectivity index (χ1n) is 7.49. The Morgan fingerprint density at radius 2 is 2.29 bits per heavy atom. The summed E-state index contributed by atoms with van der Waals surface area (Å²) in [6.07, 6.45) is 3.52. The molecule has 2 rings (SSSR count). The molecule has 1 aromatic carbocycles. The highest BCUT2D eigenvalue weighted by Crippen LogP contribution is 2.22. The molecule has 1 unspecified atom stereocenters. The van der Waals surface area contributed by atoms with Crippen molar-refractivity contribution in [2.45, 2.75) is 38.8 Å². The van der Waals surface area contributed by atoms with Gasteiger partial charge in [-0.3, -0.25) is 15.0 Å². The zero-order valence-corrected chi connectivity index (χ0v) is 12.3. The van der Waals surface area contributed by atoms with Gasteiger partial charge in [0, 0.05) is 25.2 Å². The molecule has 116 valence electrons. The van der Waals surface area contributed by atoms with E-state index in [4.69, 9.17) is 0 Å². The van der Waals surface area contributed by atoms with E-state index in [0.29, 0.717) is 12.6 Å². The minimum Gasteiger partial charge on any atom is -0.315 e. The SMILES string of the molecule is CCNCC1CCCCN1Cc1ccc([N+](=O)[O-])c(F)c1. The number of nitrogens with zero attached hydrogens (tertiary/aromatic N) is 2. The molecule has 1 aliphatic rings. The van der Waals surface area contributed by atoms with Crippen LogP contribution in [-0.4, -0.2) is 35.5 Å². The van der Waals surface area contributed by atoms with Crippen LogP contribution >= 0.6 is 0 Å². The lowest BCUT2D eigenvalue weighted by Gasteiger charge is -2.36. The van der Waals surface area contributed by atoms with E-state index in [1.54, 1.807) is 6.07 Å². The van der Waals surface area contributed by atoms with Crippen molar-refractivity contribution in [1.82, 2.24) is 10.2 Å². The van der Waals surface area contributed by atoms with Crippen molar-refractivity contribution in [3.63, 3.8) is 0 Å². The number of nitro benzene ring substituents is 1. The first-order chi connectivity index (χ1) is 10.1. The third kappa shape index (κ3) is 4.22. The normalized spacial score (nSPS) is 19.6. The molecule has 5 nitrogen and oxygen atoms in total. The van der Waals surface area contributed by atoms with Gasteiger partial charge >= 0.3 is 5.69 Å². The predicted molar refractivity (Wildman–Crippen MR) is 79.6 cm³/mol. The summed E-state index contributed by atoms with van der Waals surface area (Å²) in [7, 11) is 0. The zero-order chi connectivity index (χ0) is 15.2. The smallest absolute Gasteiger partial charge is 0.304 e. The van der Waals surface area contributed by atoms with E-state index in [9.17, 15) is 14.5 Å². The Hall–Kier alpha value is -1.53. The first-order valence-corrected chi connectivity index (χ1v) is 7.49. The van der Waals surface area contributed by atoms with Crippen molar-refractivity contribution >= 4 is 5.69 Å². The number of benzene rings is 1. The van der Waals surface area contributed by atoms with Crippen LogP contribution in [0.5, 0.6) is 0 Å². The van der Waals surface area contributed by atoms with Crippen LogP contribution in [0.2, 0.25) is 0 Å². The number of likely N-dealkylation sites (N-methyl/N-ethyl adjacent to an activating group) is 1. The number of hydrogen-bond donors (Lipinski definition) is 1. The Bertz CT molecular complexity index is 496. The number of nitrogens with one attached hydrogen (secondary N) is 1. The summed E-state index contributed by atoms with van der Waals surface area (Å²) in [5.41, 5.74) is 0.336. The fraction of sp³-hybridized carbons (Fsp3) is 0.600. The average molecular weight is 295 g/mol. The van der Waals surface area contributed by atoms with Crippen LogP contribution in [0.4, 0.5) is 10.1 Å². The van der Waals surface area contributed by atoms with Gasteiger partial charge in [0.05, 0.1) is 4.92 Å². The average Bonchev–Trinajstić information content (AvgIpc) is 2.46. The second-order valence-electron chi connectivity index (χ2n) is 5.47. The molecule has 1 aromatic rings. The van der Waals surface area contributed by atoms with Crippen molar-refractivity contribution in [2.75, 3.05) is 19.6 Å². The van der Waals surface area contributed by atoms with E-state index in [-0.39, 0.29) is 0 Å². The minimum atomic E-state index is -0.752. The number of nitro groups is 1. The molecular weight excluding hydrogens is 273 g/mol. The van der Waals surface area contributed by atoms with Crippen molar-refractivity contribution in [1.29, 1.82) is 0 Å². The van der Waals surface area contributed by atoms with Gasteiger partial charge in [-0.25, -0.2) is 0 Å². The van der Waals surface area contributed by atoms with Crippen molar-refractivity contribution in [2.24, 2.45) is 0 Å². The molecule has 0 bridgehead atoms. The lowest BCUT2D eigenvalue weighted by molar-refractivity contribution is -0.387. The van der Waals surface area contributed by atoms with Crippen LogP contribution in [0.1, 0.15) is 31.7 Å². The molecular formula is C15H22FN3O2. The van der Waals surface area contributed by atoms with Crippen LogP contribution in [-0.2, 0) is 6.54 Å². The molecule has 0 aromatic heterocycles. The summed E-state index contributed by atoms with van der Waals surface area (Å²) in [6.45, 7) is 5.60. The van der Waals surface area contributed by atoms with Gasteiger partial charge < -0.3 is 5.32 Å². The molecule has 0 radical (unpaired) electrons. The quantitative estimate of drug-likeness (QED) is 0.647. The maximum atomic E-state index is 13.7. The molecule has 0 spiro atoms. The second-order valence-corrected chi connectivity index (χ2v) is 5.47. The van der Waals surface area contributed by atoms with Crippen LogP contribution in [0.15, 0.2) is 18.2 Å². The largest absolute Gasteiger partial charge is 0.315 e. The summed E-state index contributed by atoms with van der Waals surface area (Å²) in [5.74, 6) is -0.752. The van der Waals surface area contributed by atoms with Crippen LogP contribution in [0.3, 0.4) is 0 Å². The van der Waals surface area contributed by atoms with E-state index < -0.39 is 16.4 Å². The molecule has 1 saturated heterocycles. The molecule has 1 aliphatic heterocycles. The Labute approximate surface area is 124 Å². The first kappa shape index (κ1) is 15.9. The fourth-order valence-corrected chi connectivity index (χ4v) is 2.84. The monoisotopic (exact) mass is 295 g/mol. The Morgan fingerprint density at radius 1 is 1.48 bits per heavy atom. The van der Waals surface area contributed by atoms with E-state index in [1.807, 2.05) is 0 Å². The maximum absolute atomic E-state index is 13.7. The Balaban J connectivity index is 2.04. The zero-order valence-electron chi connectivity index (χ0n) is 12.3. The predicted octanol–water partition coefficient (Wildman–Crippen LogP) is 2.70. The third-order valence-electron chi connectivity index (χ3n) is 3.97. The summed E-state index contributed by atoms with van der Waals surface area (Å²) < 4.78 is 13.7. The van der Waals surface area contributed by atoms with Gasteiger partial charge in [0.25, 0.3) is 0 Å². The van der Waals surface area contributed by atoms with Crippen molar-refractivity contribution < 1.29 is 9.31 Å². The highest BCUT2D eigenvalue weighted by Gasteiger charge is 2.23. The summed E-state index contributed by atoms with van der Waals surface area (Å²) in [4.78, 5) is 12.3. The number of likely N-dealkylation sites (tertiary alicyclic amines) is 1. The van der Waals surface area contributed by atoms with Crippen LogP contribution in [0.25, 0.3) is 0 Å². The van der Waals surface area contributed by atoms with Gasteiger partial charge in [-0.05, 0) is 37.6 Å². The molecule has 1 heterocycles. The molecule has 1 atom stereocenters. The fourth-order valence-electron chi connectivity index (χ4n) is 2.84. The maximum Gasteiger partial charge on any atom is 0.304 e. The van der Waals surface area contributed by atoms with Gasteiger partial charge in [0.2, 0.25) is 5.82 Å². The molecule has 1 N–H and O–H groups in total. The van der Waals surface area contributed by atoms with Crippen LogP contribution in [0, 0.1) is 15.9 Å². The van der Waals surface area contributed by atoms with Crippen molar-refractivity contribution in [3.8, 4) is 0 Å². The standard InChI is InChI=1S/C15H22FN3O2/c1-2-17-10-13-5-3-4-8-18(13)11-12-6-7-15(19(20)21)14(16)9-12/h6-7,9,13,17H,2-5,8,10-11H2,1H3. The number of halogens is 1. The van der Waals surface area contributed by atoms with Gasteiger partial charge in [0.1, 0.15) is 0 Å². The third-order valence-corrected chi connectivity index (χ3v) is 3.97. The van der Waals surface area contributed by atoms with E-state index in [2.05, 4.69) is 17.1 Å². The van der Waals surface area contributed by atoms with E-state index in [1.165, 1.54) is 18.6 Å². The van der Waals surface area contributed by atoms with Crippen molar-refractivity contribution in [3.05, 3.63) is 39.7 Å². The topological polar surface area (TPSA) is 58.4 Å². The van der Waals surface area contributed by atoms with Crippen LogP contribution < -0.4 is 5.32 Å². The minimum absolute atomic E-state index is 0.456. The van der Waals surface area contributed by atoms with Gasteiger partial charge in [-0.2, -0.15) is 4.39 Å². The highest BCUT2D eigenvalue weighted by atomic mass is 19.1. The molecule has 0 aliphatic carbocycles. The second kappa shape index (κ2) is 7.47. The van der Waals surface area contributed by atoms with Gasteiger partial charge in [-0.15, -0.1) is 0 Å². The van der Waals surface area contributed by atoms with Gasteiger partial charge in [0.15, 0.2) is 0 Å². The lowest BCUT2D eigenvalue weighted by atomic mass is 10.0. The van der Waals surface area contributed by atoms with E-state index in [0.717, 1.165) is 38.0 Å². The molecule has 6 heteroatoms. The highest BCUT2D eigenvalue weighted by molar-refractivity contribution is 5.35. The molecule has 0 amide bonds. The Morgan fingerprint density at radius 3 is 2.95 bits per heavy atom.